The van der Waals surface area contributed by atoms with Crippen molar-refractivity contribution >= 4 is 17.6 Å². The molecule has 0 aliphatic carbocycles. The van der Waals surface area contributed by atoms with E-state index in [1.165, 1.54) is 0 Å². The Kier molecular flexibility index (Phi) is 1.98. The fraction of sp³-hybridized carbons (Fsp3) is 0.111. The monoisotopic (exact) mass is 192 g/mol. The quantitative estimate of drug-likeness (QED) is 0.682. The summed E-state index contributed by atoms with van der Waals surface area (Å²) in [6, 6.07) is 3.96. The van der Waals surface area contributed by atoms with E-state index in [0.29, 0.717) is 5.69 Å². The minimum Gasteiger partial charge on any atom is -0.333 e. The summed E-state index contributed by atoms with van der Waals surface area (Å²) >= 11 is 1.61. The summed E-state index contributed by atoms with van der Waals surface area (Å²) in [6.07, 6.45) is 2.49. The molecule has 2 aromatic rings. The molecule has 0 saturated heterocycles. The van der Waals surface area contributed by atoms with Crippen LogP contribution in [0.25, 0.3) is 10.7 Å². The van der Waals surface area contributed by atoms with E-state index < -0.39 is 0 Å². The maximum atomic E-state index is 10.5. The third-order valence-electron chi connectivity index (χ3n) is 1.76. The summed E-state index contributed by atoms with van der Waals surface area (Å²) in [5.74, 6) is 0.845. The van der Waals surface area contributed by atoms with Crippen LogP contribution in [-0.2, 0) is 7.05 Å². The van der Waals surface area contributed by atoms with E-state index >= 15 is 0 Å². The molecule has 0 saturated carbocycles. The molecule has 3 nitrogen and oxygen atoms in total. The summed E-state index contributed by atoms with van der Waals surface area (Å²) in [7, 11) is 1.88. The van der Waals surface area contributed by atoms with Gasteiger partial charge in [0.25, 0.3) is 0 Å². The molecule has 66 valence electrons. The first-order chi connectivity index (χ1) is 6.31. The van der Waals surface area contributed by atoms with Crippen LogP contribution in [0, 0.1) is 0 Å². The third kappa shape index (κ3) is 1.40. The average molecular weight is 192 g/mol. The van der Waals surface area contributed by atoms with Crippen molar-refractivity contribution in [1.82, 2.24) is 9.55 Å². The highest BCUT2D eigenvalue weighted by molar-refractivity contribution is 7.13. The molecule has 2 aromatic heterocycles. The smallest absolute Gasteiger partial charge is 0.170 e. The number of hydrogen-bond donors (Lipinski definition) is 0. The lowest BCUT2D eigenvalue weighted by molar-refractivity contribution is 0.111. The largest absolute Gasteiger partial charge is 0.333 e. The van der Waals surface area contributed by atoms with Gasteiger partial charge in [0.2, 0.25) is 0 Å². The zero-order valence-electron chi connectivity index (χ0n) is 7.10. The van der Waals surface area contributed by atoms with Crippen molar-refractivity contribution < 1.29 is 4.79 Å². The molecule has 0 bridgehead atoms. The highest BCUT2D eigenvalue weighted by Gasteiger charge is 2.06. The van der Waals surface area contributed by atoms with Gasteiger partial charge in [0, 0.05) is 13.2 Å². The van der Waals surface area contributed by atoms with E-state index in [4.69, 9.17) is 0 Å². The van der Waals surface area contributed by atoms with E-state index in [0.717, 1.165) is 17.0 Å². The highest BCUT2D eigenvalue weighted by atomic mass is 32.1. The Bertz CT molecular complexity index is 417. The molecule has 0 N–H and O–H groups in total. The van der Waals surface area contributed by atoms with Crippen LogP contribution in [0.3, 0.4) is 0 Å². The molecule has 13 heavy (non-hydrogen) atoms. The summed E-state index contributed by atoms with van der Waals surface area (Å²) in [5, 5.41) is 1.99. The Morgan fingerprint density at radius 2 is 2.46 bits per heavy atom. The molecule has 0 amide bonds. The minimum absolute atomic E-state index is 0.478. The number of imidazole rings is 1. The van der Waals surface area contributed by atoms with Gasteiger partial charge in [-0.05, 0) is 11.4 Å². The second-order valence-electron chi connectivity index (χ2n) is 2.70. The predicted octanol–water partition coefficient (Wildman–Crippen LogP) is 1.96. The first-order valence-electron chi connectivity index (χ1n) is 3.83. The van der Waals surface area contributed by atoms with Crippen LogP contribution in [0.15, 0.2) is 23.7 Å². The first-order valence-corrected chi connectivity index (χ1v) is 4.71. The molecular formula is C9H8N2OS. The molecule has 4 heteroatoms. The molecule has 0 aliphatic heterocycles. The van der Waals surface area contributed by atoms with Crippen LogP contribution in [0.1, 0.15) is 10.5 Å². The van der Waals surface area contributed by atoms with Gasteiger partial charge >= 0.3 is 0 Å². The van der Waals surface area contributed by atoms with Crippen LogP contribution in [0.4, 0.5) is 0 Å². The summed E-state index contributed by atoms with van der Waals surface area (Å²) in [4.78, 5) is 15.7. The second-order valence-corrected chi connectivity index (χ2v) is 3.64. The van der Waals surface area contributed by atoms with Gasteiger partial charge in [-0.1, -0.05) is 6.07 Å². The Morgan fingerprint density at radius 3 is 3.00 bits per heavy atom. The second kappa shape index (κ2) is 3.14. The van der Waals surface area contributed by atoms with E-state index in [-0.39, 0.29) is 0 Å². The minimum atomic E-state index is 0.478. The van der Waals surface area contributed by atoms with Crippen LogP contribution in [0.2, 0.25) is 0 Å². The molecule has 0 spiro atoms. The molecule has 0 aromatic carbocycles. The standard InChI is InChI=1S/C9H8N2OS/c1-11-5-7(6-12)10-9(11)8-3-2-4-13-8/h2-6H,1H3. The zero-order valence-corrected chi connectivity index (χ0v) is 7.91. The molecule has 0 radical (unpaired) electrons. The number of carbonyl (C=O) groups is 1. The Hall–Kier alpha value is -1.42. The van der Waals surface area contributed by atoms with E-state index in [1.807, 2.05) is 29.1 Å². The Labute approximate surface area is 79.7 Å². The van der Waals surface area contributed by atoms with Gasteiger partial charge in [0.1, 0.15) is 5.69 Å². The number of carbonyl (C=O) groups excluding carboxylic acids is 1. The summed E-state index contributed by atoms with van der Waals surface area (Å²) in [5.41, 5.74) is 0.478. The molecule has 2 heterocycles. The summed E-state index contributed by atoms with van der Waals surface area (Å²) < 4.78 is 1.86. The van der Waals surface area contributed by atoms with Gasteiger partial charge in [-0.2, -0.15) is 0 Å². The van der Waals surface area contributed by atoms with E-state index in [2.05, 4.69) is 4.98 Å². The number of aromatic nitrogens is 2. The fourth-order valence-corrected chi connectivity index (χ4v) is 1.94. The maximum Gasteiger partial charge on any atom is 0.170 e. The number of aryl methyl sites for hydroxylation is 1. The van der Waals surface area contributed by atoms with Crippen molar-refractivity contribution in [3.8, 4) is 10.7 Å². The van der Waals surface area contributed by atoms with Crippen molar-refractivity contribution in [2.75, 3.05) is 0 Å². The number of nitrogens with zero attached hydrogens (tertiary/aromatic N) is 2. The van der Waals surface area contributed by atoms with Crippen LogP contribution in [-0.4, -0.2) is 15.8 Å². The van der Waals surface area contributed by atoms with Crippen molar-refractivity contribution in [2.24, 2.45) is 7.05 Å². The first kappa shape index (κ1) is 8.19. The average Bonchev–Trinajstić information content (AvgIpc) is 2.72. The Balaban J connectivity index is 2.52. The molecule has 0 fully saturated rings. The predicted molar refractivity (Wildman–Crippen MR) is 51.9 cm³/mol. The van der Waals surface area contributed by atoms with Gasteiger partial charge in [0.05, 0.1) is 4.88 Å². The number of thiophene rings is 1. The zero-order chi connectivity index (χ0) is 9.26. The molecule has 0 atom stereocenters. The van der Waals surface area contributed by atoms with Gasteiger partial charge in [-0.15, -0.1) is 11.3 Å². The fourth-order valence-electron chi connectivity index (χ4n) is 1.18. The van der Waals surface area contributed by atoms with Crippen molar-refractivity contribution in [3.63, 3.8) is 0 Å². The van der Waals surface area contributed by atoms with Crippen LogP contribution >= 0.6 is 11.3 Å². The van der Waals surface area contributed by atoms with Gasteiger partial charge < -0.3 is 4.57 Å². The normalized spacial score (nSPS) is 10.2. The van der Waals surface area contributed by atoms with Crippen molar-refractivity contribution in [1.29, 1.82) is 0 Å². The van der Waals surface area contributed by atoms with Gasteiger partial charge in [0.15, 0.2) is 12.1 Å². The molecule has 0 aliphatic rings. The lowest BCUT2D eigenvalue weighted by Gasteiger charge is -1.95. The molecule has 2 rings (SSSR count). The molecule has 0 unspecified atom stereocenters. The number of rotatable bonds is 2. The number of aldehydes is 1. The summed E-state index contributed by atoms with van der Waals surface area (Å²) in [6.45, 7) is 0. The lowest BCUT2D eigenvalue weighted by Crippen LogP contribution is -1.87. The van der Waals surface area contributed by atoms with E-state index in [9.17, 15) is 4.79 Å². The lowest BCUT2D eigenvalue weighted by atomic mass is 10.4. The van der Waals surface area contributed by atoms with Crippen LogP contribution in [0.5, 0.6) is 0 Å². The van der Waals surface area contributed by atoms with Gasteiger partial charge in [-0.25, -0.2) is 4.98 Å². The molecular weight excluding hydrogens is 184 g/mol. The highest BCUT2D eigenvalue weighted by Crippen LogP contribution is 2.22. The van der Waals surface area contributed by atoms with Gasteiger partial charge in [-0.3, -0.25) is 4.79 Å². The van der Waals surface area contributed by atoms with Crippen LogP contribution < -0.4 is 0 Å². The van der Waals surface area contributed by atoms with E-state index in [1.54, 1.807) is 17.5 Å². The maximum absolute atomic E-state index is 10.5. The Morgan fingerprint density at radius 1 is 1.62 bits per heavy atom. The van der Waals surface area contributed by atoms with Crippen molar-refractivity contribution in [3.05, 3.63) is 29.4 Å². The van der Waals surface area contributed by atoms with Crippen molar-refractivity contribution in [2.45, 2.75) is 0 Å². The topological polar surface area (TPSA) is 34.9 Å². The third-order valence-corrected chi connectivity index (χ3v) is 2.62. The number of hydrogen-bond acceptors (Lipinski definition) is 3. The SMILES string of the molecule is Cn1cc(C=O)nc1-c1cccs1.